The summed E-state index contributed by atoms with van der Waals surface area (Å²) in [6.45, 7) is 3.52. The van der Waals surface area contributed by atoms with Crippen LogP contribution in [0.15, 0.2) is 0 Å². The molecule has 10 radical (unpaired) electrons. The van der Waals surface area contributed by atoms with Gasteiger partial charge in [-0.15, -0.1) is 0 Å². The average Bonchev–Trinajstić information content (AvgIpc) is 3.30. The molecule has 1 aliphatic heterocycles. The minimum absolute atomic E-state index is 0. The molecule has 4 N–H and O–H groups in total. The van der Waals surface area contributed by atoms with E-state index in [1.807, 2.05) is 39.0 Å². The van der Waals surface area contributed by atoms with Crippen molar-refractivity contribution in [2.24, 2.45) is 0 Å². The summed E-state index contributed by atoms with van der Waals surface area (Å²) in [7, 11) is 0. The van der Waals surface area contributed by atoms with Crippen molar-refractivity contribution in [3.05, 3.63) is 63.7 Å². The maximum atomic E-state index is 9.78. The number of aliphatic hydroxyl groups excluding tert-OH is 2. The zero-order valence-electron chi connectivity index (χ0n) is 14.1. The topological polar surface area (TPSA) is 64.5 Å². The Morgan fingerprint density at radius 2 is 1.54 bits per heavy atom. The van der Waals surface area contributed by atoms with Crippen LogP contribution in [0.2, 0.25) is 0 Å². The van der Waals surface area contributed by atoms with E-state index in [0.29, 0.717) is 6.54 Å². The molecule has 2 aliphatic carbocycles. The van der Waals surface area contributed by atoms with E-state index in [1.54, 1.807) is 0 Å². The fourth-order valence-corrected chi connectivity index (χ4v) is 2.82. The zero-order chi connectivity index (χ0) is 16.5. The van der Waals surface area contributed by atoms with Crippen LogP contribution in [0.4, 0.5) is 0 Å². The van der Waals surface area contributed by atoms with Gasteiger partial charge in [-0.2, -0.15) is 0 Å². The Morgan fingerprint density at radius 1 is 0.958 bits per heavy atom. The normalized spacial score (nSPS) is 33.1. The molecule has 5 heteroatoms. The molecule has 3 rings (SSSR count). The summed E-state index contributed by atoms with van der Waals surface area (Å²) in [5.41, 5.74) is 0. The second-order valence-corrected chi connectivity index (χ2v) is 6.11. The maximum absolute atomic E-state index is 9.78. The molecule has 4 atom stereocenters. The minimum atomic E-state index is -0.664. The van der Waals surface area contributed by atoms with Gasteiger partial charge in [-0.05, 0) is 90.0 Å². The van der Waals surface area contributed by atoms with Gasteiger partial charge in [0.2, 0.25) is 0 Å². The summed E-state index contributed by atoms with van der Waals surface area (Å²) in [5.74, 6) is 1.37. The molecule has 24 heavy (non-hydrogen) atoms. The standard InChI is InChI=1S/C14H23N2O2.C5H5.Fe/c1-10-13(17)14(18)12(16-10)9-15-8-4-7-11-5-2-3-6-11;1-2-4-5-3-1;/h2-3,5-6,10,12-18H,4,7-9H2,1H3;1-5H;/q;;+2/t10-,12-,13+,14-;;/m0../s1. The van der Waals surface area contributed by atoms with Crippen LogP contribution < -0.4 is 10.6 Å². The Morgan fingerprint density at radius 3 is 2.04 bits per heavy atom. The second kappa shape index (κ2) is 12.7. The first-order valence-electron chi connectivity index (χ1n) is 8.38. The van der Waals surface area contributed by atoms with Crippen molar-refractivity contribution >= 4 is 0 Å². The molecular weight excluding hydrogens is 344 g/mol. The third kappa shape index (κ3) is 7.72. The third-order valence-corrected chi connectivity index (χ3v) is 4.22. The summed E-state index contributed by atoms with van der Waals surface area (Å²) in [6.07, 6.45) is 19.3. The molecule has 3 aliphatic rings. The van der Waals surface area contributed by atoms with Crippen molar-refractivity contribution in [1.29, 1.82) is 0 Å². The molecule has 2 saturated carbocycles. The monoisotopic (exact) mass is 372 g/mol. The first kappa shape index (κ1) is 22.4. The second-order valence-electron chi connectivity index (χ2n) is 6.11. The summed E-state index contributed by atoms with van der Waals surface area (Å²) in [4.78, 5) is 0. The number of hydrogen-bond acceptors (Lipinski definition) is 4. The molecule has 1 saturated heterocycles. The Bertz CT molecular complexity index is 302. The van der Waals surface area contributed by atoms with Gasteiger partial charge in [0.25, 0.3) is 0 Å². The van der Waals surface area contributed by atoms with E-state index in [-0.39, 0.29) is 29.2 Å². The number of aliphatic hydroxyl groups is 2. The van der Waals surface area contributed by atoms with Crippen LogP contribution in [0.5, 0.6) is 0 Å². The first-order valence-corrected chi connectivity index (χ1v) is 8.38. The SMILES string of the molecule is C[C@@H]1N[C@@H](CNCCC[C]2[CH][CH][CH][CH]2)[C@H](O)[C@@H]1O.[CH]1[CH][CH][CH][CH]1.[Fe+2]. The minimum Gasteiger partial charge on any atom is -0.389 e. The fraction of sp³-hybridized carbons (Fsp3) is 0.474. The van der Waals surface area contributed by atoms with Crippen LogP contribution in [0.25, 0.3) is 0 Å². The van der Waals surface area contributed by atoms with Crippen molar-refractivity contribution in [3.8, 4) is 0 Å². The van der Waals surface area contributed by atoms with Gasteiger partial charge >= 0.3 is 17.1 Å². The quantitative estimate of drug-likeness (QED) is 0.413. The summed E-state index contributed by atoms with van der Waals surface area (Å²) in [6, 6.07) is -0.0787. The molecule has 1 heterocycles. The summed E-state index contributed by atoms with van der Waals surface area (Å²) >= 11 is 0. The molecule has 0 aromatic rings. The molecule has 132 valence electrons. The van der Waals surface area contributed by atoms with E-state index in [1.165, 1.54) is 5.92 Å². The molecule has 0 aromatic heterocycles. The van der Waals surface area contributed by atoms with Crippen LogP contribution in [0.3, 0.4) is 0 Å². The largest absolute Gasteiger partial charge is 2.00 e. The van der Waals surface area contributed by atoms with Crippen LogP contribution in [-0.4, -0.2) is 47.6 Å². The molecule has 0 bridgehead atoms. The number of nitrogens with one attached hydrogen (secondary N) is 2. The maximum Gasteiger partial charge on any atom is 2.00 e. The van der Waals surface area contributed by atoms with Crippen LogP contribution in [0, 0.1) is 63.7 Å². The molecule has 0 unspecified atom stereocenters. The van der Waals surface area contributed by atoms with Crippen molar-refractivity contribution < 1.29 is 27.3 Å². The van der Waals surface area contributed by atoms with Gasteiger partial charge < -0.3 is 20.8 Å². The van der Waals surface area contributed by atoms with E-state index in [0.717, 1.165) is 19.4 Å². The molecule has 3 fully saturated rings. The van der Waals surface area contributed by atoms with Crippen molar-refractivity contribution in [2.45, 2.75) is 44.1 Å². The van der Waals surface area contributed by atoms with E-state index < -0.39 is 12.2 Å². The van der Waals surface area contributed by atoms with Crippen LogP contribution in [-0.2, 0) is 17.1 Å². The van der Waals surface area contributed by atoms with Gasteiger partial charge in [-0.25, -0.2) is 0 Å². The first-order chi connectivity index (χ1) is 11.2. The molecule has 0 amide bonds. The van der Waals surface area contributed by atoms with Crippen LogP contribution >= 0.6 is 0 Å². The zero-order valence-corrected chi connectivity index (χ0v) is 15.2. The summed E-state index contributed by atoms with van der Waals surface area (Å²) in [5, 5.41) is 25.9. The van der Waals surface area contributed by atoms with Crippen molar-refractivity contribution in [1.82, 2.24) is 10.6 Å². The van der Waals surface area contributed by atoms with E-state index in [2.05, 4.69) is 36.3 Å². The van der Waals surface area contributed by atoms with Gasteiger partial charge in [-0.3, -0.25) is 0 Å². The molecule has 0 spiro atoms. The Kier molecular flexibility index (Phi) is 11.8. The summed E-state index contributed by atoms with van der Waals surface area (Å²) < 4.78 is 0. The Balaban J connectivity index is 0.000000412. The number of rotatable bonds is 6. The third-order valence-electron chi connectivity index (χ3n) is 4.22. The van der Waals surface area contributed by atoms with Gasteiger partial charge in [0.1, 0.15) is 0 Å². The number of hydrogen-bond donors (Lipinski definition) is 4. The predicted octanol–water partition coefficient (Wildman–Crippen LogP) is 0.863. The van der Waals surface area contributed by atoms with Gasteiger partial charge in [0, 0.05) is 18.6 Å². The average molecular weight is 372 g/mol. The molecule has 0 aromatic carbocycles. The van der Waals surface area contributed by atoms with Gasteiger partial charge in [0.15, 0.2) is 0 Å². The molecule has 4 nitrogen and oxygen atoms in total. The Labute approximate surface area is 159 Å². The predicted molar refractivity (Wildman–Crippen MR) is 92.4 cm³/mol. The fourth-order valence-electron chi connectivity index (χ4n) is 2.82. The van der Waals surface area contributed by atoms with Crippen molar-refractivity contribution in [3.63, 3.8) is 0 Å². The smallest absolute Gasteiger partial charge is 0.389 e. The van der Waals surface area contributed by atoms with E-state index in [9.17, 15) is 10.2 Å². The Hall–Kier alpha value is 0.359. The molecular formula is C19H28FeN2O2+2. The van der Waals surface area contributed by atoms with E-state index in [4.69, 9.17) is 0 Å². The van der Waals surface area contributed by atoms with Crippen molar-refractivity contribution in [2.75, 3.05) is 13.1 Å². The van der Waals surface area contributed by atoms with Crippen LogP contribution in [0.1, 0.15) is 19.8 Å². The van der Waals surface area contributed by atoms with Gasteiger partial charge in [0.05, 0.1) is 12.2 Å². The van der Waals surface area contributed by atoms with E-state index >= 15 is 0 Å². The van der Waals surface area contributed by atoms with Gasteiger partial charge in [-0.1, -0.05) is 0 Å².